The fraction of sp³-hybridized carbons (Fsp3) is 0.385. The van der Waals surface area contributed by atoms with Crippen molar-refractivity contribution in [1.82, 2.24) is 20.1 Å². The first-order valence-electron chi connectivity index (χ1n) is 6.04. The van der Waals surface area contributed by atoms with Gasteiger partial charge in [0, 0.05) is 29.7 Å². The van der Waals surface area contributed by atoms with Crippen molar-refractivity contribution in [3.05, 3.63) is 42.0 Å². The molecule has 17 heavy (non-hydrogen) atoms. The molecule has 1 atom stereocenters. The number of nitrogens with one attached hydrogen (secondary N) is 1. The van der Waals surface area contributed by atoms with Gasteiger partial charge in [-0.25, -0.2) is 4.68 Å². The first-order valence-corrected chi connectivity index (χ1v) is 6.04. The van der Waals surface area contributed by atoms with Gasteiger partial charge >= 0.3 is 0 Å². The van der Waals surface area contributed by atoms with Crippen LogP contribution in [0.5, 0.6) is 0 Å². The van der Waals surface area contributed by atoms with Gasteiger partial charge in [-0.15, -0.1) is 0 Å². The maximum Gasteiger partial charge on any atom is 0.0679 e. The van der Waals surface area contributed by atoms with E-state index in [1.54, 1.807) is 0 Å². The number of nitrogens with zero attached hydrogens (tertiary/aromatic N) is 3. The third-order valence-corrected chi connectivity index (χ3v) is 3.44. The Morgan fingerprint density at radius 2 is 2.18 bits per heavy atom. The van der Waals surface area contributed by atoms with Gasteiger partial charge in [-0.1, -0.05) is 0 Å². The molecule has 0 amide bonds. The minimum atomic E-state index is 0.453. The second kappa shape index (κ2) is 4.30. The smallest absolute Gasteiger partial charge is 0.0679 e. The highest BCUT2D eigenvalue weighted by Crippen LogP contribution is 2.30. The van der Waals surface area contributed by atoms with Gasteiger partial charge in [-0.3, -0.25) is 4.98 Å². The van der Waals surface area contributed by atoms with E-state index in [1.165, 1.54) is 24.1 Å². The molecule has 0 radical (unpaired) electrons. The lowest BCUT2D eigenvalue weighted by Crippen LogP contribution is -2.21. The molecule has 88 valence electrons. The standard InChI is InChI=1S/C13H16N4/c1-14-12-3-2-4-13-11(12)9-16-17(13)10-5-7-15-8-6-10/h5-9,12,14H,2-4H2,1H3. The van der Waals surface area contributed by atoms with Crippen molar-refractivity contribution < 1.29 is 0 Å². The molecule has 0 saturated carbocycles. The maximum absolute atomic E-state index is 4.52. The third-order valence-electron chi connectivity index (χ3n) is 3.44. The second-order valence-corrected chi connectivity index (χ2v) is 4.40. The van der Waals surface area contributed by atoms with Crippen LogP contribution >= 0.6 is 0 Å². The summed E-state index contributed by atoms with van der Waals surface area (Å²) < 4.78 is 2.04. The van der Waals surface area contributed by atoms with Crippen LogP contribution in [-0.2, 0) is 6.42 Å². The van der Waals surface area contributed by atoms with Crippen LogP contribution in [0.25, 0.3) is 5.69 Å². The molecule has 0 spiro atoms. The van der Waals surface area contributed by atoms with E-state index in [0.29, 0.717) is 6.04 Å². The summed E-state index contributed by atoms with van der Waals surface area (Å²) in [5, 5.41) is 7.87. The van der Waals surface area contributed by atoms with Crippen LogP contribution in [-0.4, -0.2) is 21.8 Å². The molecule has 1 N–H and O–H groups in total. The molecule has 0 bridgehead atoms. The van der Waals surface area contributed by atoms with Crippen molar-refractivity contribution >= 4 is 0 Å². The molecule has 3 rings (SSSR count). The maximum atomic E-state index is 4.52. The normalized spacial score (nSPS) is 19.0. The van der Waals surface area contributed by atoms with Crippen LogP contribution in [0.3, 0.4) is 0 Å². The zero-order valence-corrected chi connectivity index (χ0v) is 9.93. The average molecular weight is 228 g/mol. The highest BCUT2D eigenvalue weighted by molar-refractivity contribution is 5.35. The molecule has 4 heteroatoms. The minimum Gasteiger partial charge on any atom is -0.313 e. The molecule has 0 saturated heterocycles. The number of aromatic nitrogens is 3. The number of rotatable bonds is 2. The highest BCUT2D eigenvalue weighted by atomic mass is 15.3. The summed E-state index contributed by atoms with van der Waals surface area (Å²) in [5.41, 5.74) is 3.77. The Kier molecular flexibility index (Phi) is 2.65. The van der Waals surface area contributed by atoms with Crippen LogP contribution in [0.15, 0.2) is 30.7 Å². The lowest BCUT2D eigenvalue weighted by Gasteiger charge is -2.22. The fourth-order valence-electron chi connectivity index (χ4n) is 2.56. The fourth-order valence-corrected chi connectivity index (χ4v) is 2.56. The molecule has 2 aromatic heterocycles. The zero-order valence-electron chi connectivity index (χ0n) is 9.93. The number of hydrogen-bond donors (Lipinski definition) is 1. The first kappa shape index (κ1) is 10.5. The van der Waals surface area contributed by atoms with E-state index in [0.717, 1.165) is 12.1 Å². The van der Waals surface area contributed by atoms with Crippen molar-refractivity contribution in [2.75, 3.05) is 7.05 Å². The molecule has 2 aromatic rings. The monoisotopic (exact) mass is 228 g/mol. The second-order valence-electron chi connectivity index (χ2n) is 4.40. The molecule has 0 fully saturated rings. The highest BCUT2D eigenvalue weighted by Gasteiger charge is 2.23. The molecular weight excluding hydrogens is 212 g/mol. The van der Waals surface area contributed by atoms with Crippen molar-refractivity contribution in [2.45, 2.75) is 25.3 Å². The predicted molar refractivity (Wildman–Crippen MR) is 66.1 cm³/mol. The van der Waals surface area contributed by atoms with E-state index >= 15 is 0 Å². The lowest BCUT2D eigenvalue weighted by molar-refractivity contribution is 0.490. The van der Waals surface area contributed by atoms with Gasteiger partial charge in [-0.2, -0.15) is 5.10 Å². The van der Waals surface area contributed by atoms with Crippen LogP contribution in [0.2, 0.25) is 0 Å². The van der Waals surface area contributed by atoms with Gasteiger partial charge in [0.1, 0.15) is 0 Å². The Bertz CT molecular complexity index is 503. The van der Waals surface area contributed by atoms with Gasteiger partial charge in [0.15, 0.2) is 0 Å². The molecular formula is C13H16N4. The molecule has 2 heterocycles. The summed E-state index contributed by atoms with van der Waals surface area (Å²) in [7, 11) is 2.02. The summed E-state index contributed by atoms with van der Waals surface area (Å²) >= 11 is 0. The Balaban J connectivity index is 2.06. The summed E-state index contributed by atoms with van der Waals surface area (Å²) in [6, 6.07) is 4.45. The van der Waals surface area contributed by atoms with Crippen molar-refractivity contribution in [2.24, 2.45) is 0 Å². The number of hydrogen-bond acceptors (Lipinski definition) is 3. The van der Waals surface area contributed by atoms with Gasteiger partial charge < -0.3 is 5.32 Å². The zero-order chi connectivity index (χ0) is 11.7. The van der Waals surface area contributed by atoms with Gasteiger partial charge in [0.05, 0.1) is 11.9 Å². The summed E-state index contributed by atoms with van der Waals surface area (Å²) in [6.07, 6.45) is 9.14. The summed E-state index contributed by atoms with van der Waals surface area (Å²) in [6.45, 7) is 0. The van der Waals surface area contributed by atoms with Gasteiger partial charge in [0.25, 0.3) is 0 Å². The molecule has 1 unspecified atom stereocenters. The van der Waals surface area contributed by atoms with Crippen LogP contribution in [0.4, 0.5) is 0 Å². The molecule has 1 aliphatic rings. The molecule has 4 nitrogen and oxygen atoms in total. The van der Waals surface area contributed by atoms with E-state index in [1.807, 2.05) is 42.5 Å². The van der Waals surface area contributed by atoms with Crippen LogP contribution < -0.4 is 5.32 Å². The number of pyridine rings is 1. The predicted octanol–water partition coefficient (Wildman–Crippen LogP) is 1.86. The Morgan fingerprint density at radius 3 is 2.94 bits per heavy atom. The minimum absolute atomic E-state index is 0.453. The Morgan fingerprint density at radius 1 is 1.35 bits per heavy atom. The Hall–Kier alpha value is -1.68. The van der Waals surface area contributed by atoms with Crippen molar-refractivity contribution in [3.8, 4) is 5.69 Å². The molecule has 0 aliphatic heterocycles. The molecule has 1 aliphatic carbocycles. The first-order chi connectivity index (χ1) is 8.40. The quantitative estimate of drug-likeness (QED) is 0.853. The number of fused-ring (bicyclic) bond motifs is 1. The average Bonchev–Trinajstić information content (AvgIpc) is 2.83. The van der Waals surface area contributed by atoms with Crippen molar-refractivity contribution in [3.63, 3.8) is 0 Å². The third kappa shape index (κ3) is 1.74. The van der Waals surface area contributed by atoms with Crippen LogP contribution in [0.1, 0.15) is 30.1 Å². The SMILES string of the molecule is CNC1CCCc2c1cnn2-c1ccncc1. The van der Waals surface area contributed by atoms with Gasteiger partial charge in [0.2, 0.25) is 0 Å². The largest absolute Gasteiger partial charge is 0.313 e. The summed E-state index contributed by atoms with van der Waals surface area (Å²) in [4.78, 5) is 4.04. The topological polar surface area (TPSA) is 42.7 Å². The van der Waals surface area contributed by atoms with E-state index in [2.05, 4.69) is 15.4 Å². The van der Waals surface area contributed by atoms with Crippen LogP contribution in [0, 0.1) is 0 Å². The summed E-state index contributed by atoms with van der Waals surface area (Å²) in [5.74, 6) is 0. The van der Waals surface area contributed by atoms with E-state index in [-0.39, 0.29) is 0 Å². The van der Waals surface area contributed by atoms with Crippen molar-refractivity contribution in [1.29, 1.82) is 0 Å². The van der Waals surface area contributed by atoms with E-state index < -0.39 is 0 Å². The molecule has 0 aromatic carbocycles. The Labute approximate surface area is 101 Å². The van der Waals surface area contributed by atoms with E-state index in [4.69, 9.17) is 0 Å². The lowest BCUT2D eigenvalue weighted by atomic mass is 9.93. The van der Waals surface area contributed by atoms with Gasteiger partial charge in [-0.05, 0) is 38.4 Å². The van der Waals surface area contributed by atoms with E-state index in [9.17, 15) is 0 Å².